The van der Waals surface area contributed by atoms with Crippen LogP contribution in [0, 0.1) is 0 Å². The van der Waals surface area contributed by atoms with Gasteiger partial charge >= 0.3 is 0 Å². The van der Waals surface area contributed by atoms with Crippen LogP contribution in [0.1, 0.15) is 28.8 Å². The van der Waals surface area contributed by atoms with Gasteiger partial charge in [0, 0.05) is 37.1 Å². The zero-order chi connectivity index (χ0) is 19.9. The van der Waals surface area contributed by atoms with Gasteiger partial charge in [-0.1, -0.05) is 6.07 Å². The zero-order valence-electron chi connectivity index (χ0n) is 16.2. The molecule has 1 aliphatic rings. The first-order chi connectivity index (χ1) is 13.6. The topological polar surface area (TPSA) is 80.8 Å². The van der Waals surface area contributed by atoms with Crippen molar-refractivity contribution in [2.45, 2.75) is 25.3 Å². The van der Waals surface area contributed by atoms with Gasteiger partial charge in [-0.2, -0.15) is 0 Å². The molecule has 0 radical (unpaired) electrons. The number of rotatable bonds is 6. The summed E-state index contributed by atoms with van der Waals surface area (Å²) < 4.78 is 10.5. The normalized spacial score (nSPS) is 14.4. The summed E-state index contributed by atoms with van der Waals surface area (Å²) in [6, 6.07) is 8.97. The van der Waals surface area contributed by atoms with E-state index in [-0.39, 0.29) is 17.9 Å². The Morgan fingerprint density at radius 3 is 2.39 bits per heavy atom. The lowest BCUT2D eigenvalue weighted by atomic mass is 10.0. The number of amides is 2. The third-order valence-corrected chi connectivity index (χ3v) is 4.93. The number of hydrogen-bond acceptors (Lipinski definition) is 5. The second kappa shape index (κ2) is 9.21. The van der Waals surface area contributed by atoms with Crippen LogP contribution in [-0.4, -0.2) is 55.0 Å². The summed E-state index contributed by atoms with van der Waals surface area (Å²) in [7, 11) is 3.16. The average molecular weight is 383 g/mol. The molecule has 0 bridgehead atoms. The maximum absolute atomic E-state index is 12.6. The van der Waals surface area contributed by atoms with Gasteiger partial charge in [-0.05, 0) is 42.7 Å². The number of nitrogens with zero attached hydrogens (tertiary/aromatic N) is 2. The van der Waals surface area contributed by atoms with Crippen LogP contribution in [0.15, 0.2) is 42.7 Å². The quantitative estimate of drug-likeness (QED) is 0.826. The number of methoxy groups -OCH3 is 2. The molecule has 0 unspecified atom stereocenters. The Morgan fingerprint density at radius 1 is 1.07 bits per heavy atom. The van der Waals surface area contributed by atoms with Crippen LogP contribution in [0.5, 0.6) is 11.5 Å². The van der Waals surface area contributed by atoms with E-state index in [0.717, 1.165) is 18.4 Å². The van der Waals surface area contributed by atoms with Gasteiger partial charge in [-0.3, -0.25) is 14.6 Å². The molecule has 7 heteroatoms. The predicted octanol–water partition coefficient (Wildman–Crippen LogP) is 2.06. The molecule has 2 amide bonds. The number of piperidine rings is 1. The van der Waals surface area contributed by atoms with Crippen molar-refractivity contribution in [2.24, 2.45) is 0 Å². The molecule has 2 heterocycles. The Labute approximate surface area is 164 Å². The Morgan fingerprint density at radius 2 is 1.75 bits per heavy atom. The molecule has 0 atom stereocenters. The highest BCUT2D eigenvalue weighted by Crippen LogP contribution is 2.28. The van der Waals surface area contributed by atoms with Crippen LogP contribution in [-0.2, 0) is 11.2 Å². The van der Waals surface area contributed by atoms with E-state index >= 15 is 0 Å². The van der Waals surface area contributed by atoms with E-state index in [9.17, 15) is 9.59 Å². The van der Waals surface area contributed by atoms with Gasteiger partial charge in [0.25, 0.3) is 5.91 Å². The summed E-state index contributed by atoms with van der Waals surface area (Å²) >= 11 is 0. The third kappa shape index (κ3) is 4.79. The van der Waals surface area contributed by atoms with Crippen LogP contribution in [0.25, 0.3) is 0 Å². The standard InChI is InChI=1S/C21H25N3O4/c1-27-18-4-3-15(13-19(18)28-2)14-20(25)24-11-7-17(8-12-24)23-21(26)16-5-9-22-10-6-16/h3-6,9-10,13,17H,7-8,11-12,14H2,1-2H3,(H,23,26). The highest BCUT2D eigenvalue weighted by atomic mass is 16.5. The molecular weight excluding hydrogens is 358 g/mol. The smallest absolute Gasteiger partial charge is 0.251 e. The third-order valence-electron chi connectivity index (χ3n) is 4.93. The predicted molar refractivity (Wildman–Crippen MR) is 105 cm³/mol. The number of nitrogens with one attached hydrogen (secondary N) is 1. The van der Waals surface area contributed by atoms with E-state index < -0.39 is 0 Å². The van der Waals surface area contributed by atoms with Gasteiger partial charge in [-0.25, -0.2) is 0 Å². The summed E-state index contributed by atoms with van der Waals surface area (Å²) in [6.07, 6.45) is 5.01. The molecule has 3 rings (SSSR count). The number of hydrogen-bond donors (Lipinski definition) is 1. The number of carbonyl (C=O) groups excluding carboxylic acids is 2. The first kappa shape index (κ1) is 19.7. The van der Waals surface area contributed by atoms with Crippen LogP contribution in [0.2, 0.25) is 0 Å². The number of benzene rings is 1. The maximum atomic E-state index is 12.6. The van der Waals surface area contributed by atoms with Gasteiger partial charge in [0.05, 0.1) is 20.6 Å². The van der Waals surface area contributed by atoms with E-state index in [0.29, 0.717) is 36.6 Å². The minimum atomic E-state index is -0.0995. The molecule has 0 saturated carbocycles. The van der Waals surface area contributed by atoms with Crippen LogP contribution >= 0.6 is 0 Å². The molecule has 0 aliphatic carbocycles. The fourth-order valence-corrected chi connectivity index (χ4v) is 3.32. The molecule has 28 heavy (non-hydrogen) atoms. The van der Waals surface area contributed by atoms with Gasteiger partial charge in [-0.15, -0.1) is 0 Å². The number of ether oxygens (including phenoxy) is 2. The van der Waals surface area contributed by atoms with Crippen molar-refractivity contribution < 1.29 is 19.1 Å². The van der Waals surface area contributed by atoms with Crippen molar-refractivity contribution in [3.8, 4) is 11.5 Å². The number of aromatic nitrogens is 1. The van der Waals surface area contributed by atoms with Crippen molar-refractivity contribution in [3.05, 3.63) is 53.9 Å². The molecule has 1 saturated heterocycles. The molecule has 7 nitrogen and oxygen atoms in total. The Kier molecular flexibility index (Phi) is 6.47. The Bertz CT molecular complexity index is 818. The largest absolute Gasteiger partial charge is 0.493 e. The highest BCUT2D eigenvalue weighted by Gasteiger charge is 2.24. The minimum Gasteiger partial charge on any atom is -0.493 e. The van der Waals surface area contributed by atoms with E-state index in [1.54, 1.807) is 38.7 Å². The Balaban J connectivity index is 1.50. The lowest BCUT2D eigenvalue weighted by Crippen LogP contribution is -2.47. The van der Waals surface area contributed by atoms with Crippen LogP contribution in [0.4, 0.5) is 0 Å². The van der Waals surface area contributed by atoms with Crippen LogP contribution < -0.4 is 14.8 Å². The molecule has 1 aromatic carbocycles. The number of likely N-dealkylation sites (tertiary alicyclic amines) is 1. The van der Waals surface area contributed by atoms with Crippen molar-refractivity contribution in [1.29, 1.82) is 0 Å². The summed E-state index contributed by atoms with van der Waals surface area (Å²) in [5, 5.41) is 3.04. The second-order valence-electron chi connectivity index (χ2n) is 6.73. The minimum absolute atomic E-state index is 0.0748. The van der Waals surface area contributed by atoms with Crippen molar-refractivity contribution in [3.63, 3.8) is 0 Å². The van der Waals surface area contributed by atoms with Crippen molar-refractivity contribution in [1.82, 2.24) is 15.2 Å². The summed E-state index contributed by atoms with van der Waals surface area (Å²) in [6.45, 7) is 1.26. The first-order valence-electron chi connectivity index (χ1n) is 9.30. The van der Waals surface area contributed by atoms with Gasteiger partial charge < -0.3 is 19.7 Å². The lowest BCUT2D eigenvalue weighted by Gasteiger charge is -2.32. The average Bonchev–Trinajstić information content (AvgIpc) is 2.74. The second-order valence-corrected chi connectivity index (χ2v) is 6.73. The molecule has 2 aromatic rings. The van der Waals surface area contributed by atoms with Crippen molar-refractivity contribution in [2.75, 3.05) is 27.3 Å². The lowest BCUT2D eigenvalue weighted by molar-refractivity contribution is -0.131. The monoisotopic (exact) mass is 383 g/mol. The van der Waals surface area contributed by atoms with Crippen LogP contribution in [0.3, 0.4) is 0 Å². The first-order valence-corrected chi connectivity index (χ1v) is 9.30. The fourth-order valence-electron chi connectivity index (χ4n) is 3.32. The zero-order valence-corrected chi connectivity index (χ0v) is 16.2. The fraction of sp³-hybridized carbons (Fsp3) is 0.381. The van der Waals surface area contributed by atoms with E-state index in [1.807, 2.05) is 23.1 Å². The SMILES string of the molecule is COc1ccc(CC(=O)N2CCC(NC(=O)c3ccncc3)CC2)cc1OC. The Hall–Kier alpha value is -3.09. The molecule has 148 valence electrons. The van der Waals surface area contributed by atoms with E-state index in [2.05, 4.69) is 10.3 Å². The van der Waals surface area contributed by atoms with E-state index in [1.165, 1.54) is 0 Å². The van der Waals surface area contributed by atoms with Gasteiger partial charge in [0.2, 0.25) is 5.91 Å². The van der Waals surface area contributed by atoms with Gasteiger partial charge in [0.15, 0.2) is 11.5 Å². The highest BCUT2D eigenvalue weighted by molar-refractivity contribution is 5.94. The molecular formula is C21H25N3O4. The molecule has 0 spiro atoms. The summed E-state index contributed by atoms with van der Waals surface area (Å²) in [4.78, 5) is 30.6. The van der Waals surface area contributed by atoms with Crippen molar-refractivity contribution >= 4 is 11.8 Å². The van der Waals surface area contributed by atoms with E-state index in [4.69, 9.17) is 9.47 Å². The van der Waals surface area contributed by atoms with Gasteiger partial charge in [0.1, 0.15) is 0 Å². The number of carbonyl (C=O) groups is 2. The molecule has 1 fully saturated rings. The summed E-state index contributed by atoms with van der Waals surface area (Å²) in [5.74, 6) is 1.23. The maximum Gasteiger partial charge on any atom is 0.251 e. The number of pyridine rings is 1. The molecule has 1 aromatic heterocycles. The summed E-state index contributed by atoms with van der Waals surface area (Å²) in [5.41, 5.74) is 1.48. The molecule has 1 N–H and O–H groups in total. The molecule has 1 aliphatic heterocycles.